The molecular formula is C20H23N3O2. The first-order chi connectivity index (χ1) is 12.1. The molecule has 25 heavy (non-hydrogen) atoms. The van der Waals surface area contributed by atoms with E-state index < -0.39 is 0 Å². The SMILES string of the molecule is CCCCC(=O)Nc1ccc2nc(-c3ccc(OC)cc3)c(C)n2c1. The van der Waals surface area contributed by atoms with Crippen LogP contribution in [0.15, 0.2) is 42.6 Å². The first-order valence-corrected chi connectivity index (χ1v) is 8.55. The Morgan fingerprint density at radius 2 is 1.96 bits per heavy atom. The predicted octanol–water partition coefficient (Wildman–Crippen LogP) is 4.45. The summed E-state index contributed by atoms with van der Waals surface area (Å²) in [5, 5.41) is 2.96. The van der Waals surface area contributed by atoms with E-state index in [1.165, 1.54) is 0 Å². The van der Waals surface area contributed by atoms with Gasteiger partial charge in [-0.05, 0) is 49.7 Å². The van der Waals surface area contributed by atoms with Crippen LogP contribution < -0.4 is 10.1 Å². The molecule has 0 bridgehead atoms. The molecule has 2 aromatic heterocycles. The third-order valence-corrected chi connectivity index (χ3v) is 4.26. The summed E-state index contributed by atoms with van der Waals surface area (Å²) in [4.78, 5) is 16.6. The molecule has 0 aliphatic heterocycles. The number of aryl methyl sites for hydroxylation is 1. The summed E-state index contributed by atoms with van der Waals surface area (Å²) >= 11 is 0. The van der Waals surface area contributed by atoms with Crippen LogP contribution >= 0.6 is 0 Å². The molecule has 130 valence electrons. The molecular weight excluding hydrogens is 314 g/mol. The van der Waals surface area contributed by atoms with Gasteiger partial charge in [0.1, 0.15) is 11.4 Å². The molecule has 0 saturated heterocycles. The standard InChI is InChI=1S/C20H23N3O2/c1-4-5-6-19(24)21-16-9-12-18-22-20(14(2)23(18)13-16)15-7-10-17(25-3)11-8-15/h7-13H,4-6H2,1-3H3,(H,21,24). The number of unbranched alkanes of at least 4 members (excludes halogenated alkanes) is 1. The van der Waals surface area contributed by atoms with Gasteiger partial charge in [0.05, 0.1) is 18.5 Å². The molecule has 5 nitrogen and oxygen atoms in total. The maximum absolute atomic E-state index is 11.9. The van der Waals surface area contributed by atoms with Crippen molar-refractivity contribution in [3.63, 3.8) is 0 Å². The van der Waals surface area contributed by atoms with Gasteiger partial charge in [-0.15, -0.1) is 0 Å². The van der Waals surface area contributed by atoms with E-state index in [0.29, 0.717) is 6.42 Å². The van der Waals surface area contributed by atoms with Gasteiger partial charge in [0.15, 0.2) is 0 Å². The molecule has 0 unspecified atom stereocenters. The molecule has 2 heterocycles. The van der Waals surface area contributed by atoms with Crippen molar-refractivity contribution in [2.75, 3.05) is 12.4 Å². The van der Waals surface area contributed by atoms with Crippen LogP contribution in [0.5, 0.6) is 5.75 Å². The van der Waals surface area contributed by atoms with Crippen LogP contribution in [0, 0.1) is 6.92 Å². The molecule has 0 atom stereocenters. The van der Waals surface area contributed by atoms with Crippen LogP contribution in [-0.4, -0.2) is 22.4 Å². The molecule has 1 aromatic carbocycles. The number of hydrogen-bond donors (Lipinski definition) is 1. The lowest BCUT2D eigenvalue weighted by atomic mass is 10.1. The monoisotopic (exact) mass is 337 g/mol. The molecule has 0 aliphatic rings. The number of ether oxygens (including phenoxy) is 1. The number of amides is 1. The Bertz CT molecular complexity index is 882. The van der Waals surface area contributed by atoms with Gasteiger partial charge < -0.3 is 14.5 Å². The van der Waals surface area contributed by atoms with Crippen LogP contribution in [0.3, 0.4) is 0 Å². The number of aromatic nitrogens is 2. The van der Waals surface area contributed by atoms with Crippen molar-refractivity contribution < 1.29 is 9.53 Å². The molecule has 0 radical (unpaired) electrons. The number of imidazole rings is 1. The van der Waals surface area contributed by atoms with Crippen molar-refractivity contribution >= 4 is 17.2 Å². The molecule has 0 aliphatic carbocycles. The summed E-state index contributed by atoms with van der Waals surface area (Å²) in [6.45, 7) is 4.11. The summed E-state index contributed by atoms with van der Waals surface area (Å²) < 4.78 is 7.22. The number of pyridine rings is 1. The third-order valence-electron chi connectivity index (χ3n) is 4.26. The van der Waals surface area contributed by atoms with Gasteiger partial charge >= 0.3 is 0 Å². The summed E-state index contributed by atoms with van der Waals surface area (Å²) in [7, 11) is 1.65. The van der Waals surface area contributed by atoms with Crippen LogP contribution in [0.1, 0.15) is 31.9 Å². The third kappa shape index (κ3) is 3.65. The number of rotatable bonds is 6. The number of fused-ring (bicyclic) bond motifs is 1. The van der Waals surface area contributed by atoms with Crippen LogP contribution in [0.2, 0.25) is 0 Å². The molecule has 1 N–H and O–H groups in total. The fourth-order valence-electron chi connectivity index (χ4n) is 2.82. The van der Waals surface area contributed by atoms with Gasteiger partial charge in [0.2, 0.25) is 5.91 Å². The Hall–Kier alpha value is -2.82. The van der Waals surface area contributed by atoms with Crippen LogP contribution in [0.4, 0.5) is 5.69 Å². The number of carbonyl (C=O) groups excluding carboxylic acids is 1. The first-order valence-electron chi connectivity index (χ1n) is 8.55. The number of anilines is 1. The van der Waals surface area contributed by atoms with E-state index >= 15 is 0 Å². The van der Waals surface area contributed by atoms with Gasteiger partial charge in [0, 0.05) is 23.9 Å². The van der Waals surface area contributed by atoms with Crippen molar-refractivity contribution in [3.8, 4) is 17.0 Å². The quantitative estimate of drug-likeness (QED) is 0.723. The lowest BCUT2D eigenvalue weighted by molar-refractivity contribution is -0.116. The lowest BCUT2D eigenvalue weighted by Crippen LogP contribution is -2.11. The fourth-order valence-corrected chi connectivity index (χ4v) is 2.82. The minimum atomic E-state index is 0.0503. The summed E-state index contributed by atoms with van der Waals surface area (Å²) in [5.74, 6) is 0.872. The second-order valence-corrected chi connectivity index (χ2v) is 6.07. The molecule has 0 saturated carbocycles. The largest absolute Gasteiger partial charge is 0.497 e. The second-order valence-electron chi connectivity index (χ2n) is 6.07. The van der Waals surface area contributed by atoms with Crippen molar-refractivity contribution in [2.24, 2.45) is 0 Å². The van der Waals surface area contributed by atoms with Gasteiger partial charge in [-0.1, -0.05) is 13.3 Å². The highest BCUT2D eigenvalue weighted by Crippen LogP contribution is 2.26. The van der Waals surface area contributed by atoms with E-state index in [2.05, 4.69) is 12.2 Å². The maximum Gasteiger partial charge on any atom is 0.224 e. The van der Waals surface area contributed by atoms with E-state index in [1.54, 1.807) is 7.11 Å². The summed E-state index contributed by atoms with van der Waals surface area (Å²) in [6, 6.07) is 11.7. The van der Waals surface area contributed by atoms with E-state index in [9.17, 15) is 4.79 Å². The van der Waals surface area contributed by atoms with Crippen molar-refractivity contribution in [1.29, 1.82) is 0 Å². The van der Waals surface area contributed by atoms with Gasteiger partial charge in [-0.25, -0.2) is 4.98 Å². The Morgan fingerprint density at radius 1 is 1.20 bits per heavy atom. The van der Waals surface area contributed by atoms with Crippen molar-refractivity contribution in [3.05, 3.63) is 48.3 Å². The molecule has 5 heteroatoms. The van der Waals surface area contributed by atoms with E-state index in [0.717, 1.165) is 46.9 Å². The number of carbonyl (C=O) groups is 1. The normalized spacial score (nSPS) is 10.8. The maximum atomic E-state index is 11.9. The molecule has 3 rings (SSSR count). The summed E-state index contributed by atoms with van der Waals surface area (Å²) in [6.07, 6.45) is 4.39. The molecule has 0 spiro atoms. The molecule has 0 fully saturated rings. The number of nitrogens with zero attached hydrogens (tertiary/aromatic N) is 2. The Kier molecular flexibility index (Phi) is 5.03. The zero-order valence-electron chi connectivity index (χ0n) is 14.9. The minimum absolute atomic E-state index is 0.0503. The zero-order valence-corrected chi connectivity index (χ0v) is 14.9. The van der Waals surface area contributed by atoms with Crippen molar-refractivity contribution in [1.82, 2.24) is 9.38 Å². The highest BCUT2D eigenvalue weighted by atomic mass is 16.5. The predicted molar refractivity (Wildman–Crippen MR) is 100 cm³/mol. The van der Waals surface area contributed by atoms with E-state index in [-0.39, 0.29) is 5.91 Å². The van der Waals surface area contributed by atoms with Gasteiger partial charge in [-0.3, -0.25) is 4.79 Å². The first kappa shape index (κ1) is 17.0. The smallest absolute Gasteiger partial charge is 0.224 e. The van der Waals surface area contributed by atoms with Gasteiger partial charge in [0.25, 0.3) is 0 Å². The van der Waals surface area contributed by atoms with Crippen LogP contribution in [0.25, 0.3) is 16.9 Å². The fraction of sp³-hybridized carbons (Fsp3) is 0.300. The zero-order chi connectivity index (χ0) is 17.8. The van der Waals surface area contributed by atoms with E-state index in [4.69, 9.17) is 9.72 Å². The second kappa shape index (κ2) is 7.38. The Morgan fingerprint density at radius 3 is 2.64 bits per heavy atom. The number of benzene rings is 1. The van der Waals surface area contributed by atoms with Crippen molar-refractivity contribution in [2.45, 2.75) is 33.1 Å². The highest BCUT2D eigenvalue weighted by molar-refractivity contribution is 5.90. The Labute approximate surface area is 147 Å². The average molecular weight is 337 g/mol. The average Bonchev–Trinajstić information content (AvgIpc) is 2.96. The molecule has 3 aromatic rings. The Balaban J connectivity index is 1.90. The van der Waals surface area contributed by atoms with E-state index in [1.807, 2.05) is 53.9 Å². The van der Waals surface area contributed by atoms with Crippen LogP contribution in [-0.2, 0) is 4.79 Å². The topological polar surface area (TPSA) is 55.6 Å². The number of methoxy groups -OCH3 is 1. The summed E-state index contributed by atoms with van der Waals surface area (Å²) in [5.41, 5.74) is 4.64. The number of hydrogen-bond acceptors (Lipinski definition) is 3. The highest BCUT2D eigenvalue weighted by Gasteiger charge is 2.11. The lowest BCUT2D eigenvalue weighted by Gasteiger charge is -2.06. The molecule has 1 amide bonds. The number of nitrogens with one attached hydrogen (secondary N) is 1. The van der Waals surface area contributed by atoms with Gasteiger partial charge in [-0.2, -0.15) is 0 Å². The minimum Gasteiger partial charge on any atom is -0.497 e.